The van der Waals surface area contributed by atoms with E-state index in [0.717, 1.165) is 22.3 Å². The van der Waals surface area contributed by atoms with E-state index in [1.54, 1.807) is 0 Å². The van der Waals surface area contributed by atoms with E-state index in [2.05, 4.69) is 26.0 Å². The second-order valence-electron chi connectivity index (χ2n) is 7.65. The van der Waals surface area contributed by atoms with Crippen LogP contribution >= 0.6 is 15.9 Å². The molecule has 3 aromatic rings. The molecule has 3 aromatic carbocycles. The molecule has 35 heavy (non-hydrogen) atoms. The van der Waals surface area contributed by atoms with Crippen LogP contribution in [0.15, 0.2) is 65.1 Å². The maximum absolute atomic E-state index is 12.7. The number of carboxylic acid groups (broad SMARTS) is 1. The average Bonchev–Trinajstić information content (AvgIpc) is 3.15. The number of hydrogen-bond donors (Lipinski definition) is 2. The van der Waals surface area contributed by atoms with Crippen LogP contribution in [-0.2, 0) is 9.53 Å². The molecule has 0 heterocycles. The second kappa shape index (κ2) is 10.3. The van der Waals surface area contributed by atoms with Gasteiger partial charge in [0, 0.05) is 5.92 Å². The molecule has 0 aromatic heterocycles. The summed E-state index contributed by atoms with van der Waals surface area (Å²) in [4.78, 5) is 24.5. The highest BCUT2D eigenvalue weighted by Gasteiger charge is 2.30. The van der Waals surface area contributed by atoms with Gasteiger partial charge in [0.2, 0.25) is 0 Å². The number of fused-ring (bicyclic) bond motifs is 3. The molecular formula is C25H20BrF2NO6. The third kappa shape index (κ3) is 5.07. The molecule has 0 saturated heterocycles. The van der Waals surface area contributed by atoms with Gasteiger partial charge in [0.1, 0.15) is 6.61 Å². The monoisotopic (exact) mass is 547 g/mol. The SMILES string of the molecule is COc1cc(C(NC(=O)OCC2c3ccccc3-c3ccccc32)C(=O)O)cc(Br)c1OC(F)F. The van der Waals surface area contributed by atoms with Gasteiger partial charge >= 0.3 is 18.7 Å². The first-order valence-electron chi connectivity index (χ1n) is 10.5. The third-order valence-corrected chi connectivity index (χ3v) is 6.23. The molecule has 0 spiro atoms. The Kier molecular flexibility index (Phi) is 7.20. The zero-order chi connectivity index (χ0) is 25.1. The third-order valence-electron chi connectivity index (χ3n) is 5.64. The quantitative estimate of drug-likeness (QED) is 0.374. The largest absolute Gasteiger partial charge is 0.493 e. The lowest BCUT2D eigenvalue weighted by Gasteiger charge is -2.19. The molecule has 1 aliphatic rings. The summed E-state index contributed by atoms with van der Waals surface area (Å²) in [5.74, 6) is -2.00. The molecule has 0 saturated carbocycles. The number of halogens is 3. The molecule has 1 unspecified atom stereocenters. The summed E-state index contributed by atoms with van der Waals surface area (Å²) in [6, 6.07) is 16.5. The van der Waals surface area contributed by atoms with Crippen molar-refractivity contribution in [2.45, 2.75) is 18.6 Å². The normalized spacial score (nSPS) is 13.1. The van der Waals surface area contributed by atoms with Crippen LogP contribution in [0.25, 0.3) is 11.1 Å². The lowest BCUT2D eigenvalue weighted by atomic mass is 9.98. The van der Waals surface area contributed by atoms with Gasteiger partial charge in [-0.2, -0.15) is 8.78 Å². The van der Waals surface area contributed by atoms with Crippen molar-refractivity contribution in [3.8, 4) is 22.6 Å². The Labute approximate surface area is 207 Å². The zero-order valence-electron chi connectivity index (χ0n) is 18.3. The van der Waals surface area contributed by atoms with E-state index in [4.69, 9.17) is 9.47 Å². The van der Waals surface area contributed by atoms with Crippen LogP contribution < -0.4 is 14.8 Å². The van der Waals surface area contributed by atoms with Crippen molar-refractivity contribution in [2.75, 3.05) is 13.7 Å². The molecule has 0 fully saturated rings. The molecule has 2 N–H and O–H groups in total. The molecule has 182 valence electrons. The predicted molar refractivity (Wildman–Crippen MR) is 126 cm³/mol. The molecule has 0 aliphatic heterocycles. The number of hydrogen-bond acceptors (Lipinski definition) is 5. The number of alkyl carbamates (subject to hydrolysis) is 1. The van der Waals surface area contributed by atoms with Crippen molar-refractivity contribution in [1.29, 1.82) is 0 Å². The Hall–Kier alpha value is -3.66. The van der Waals surface area contributed by atoms with Gasteiger partial charge in [0.05, 0.1) is 11.6 Å². The van der Waals surface area contributed by atoms with Crippen molar-refractivity contribution >= 4 is 28.0 Å². The number of carbonyl (C=O) groups excluding carboxylic acids is 1. The summed E-state index contributed by atoms with van der Waals surface area (Å²) < 4.78 is 40.4. The Morgan fingerprint density at radius 3 is 2.20 bits per heavy atom. The second-order valence-corrected chi connectivity index (χ2v) is 8.51. The van der Waals surface area contributed by atoms with Crippen LogP contribution in [0.2, 0.25) is 0 Å². The van der Waals surface area contributed by atoms with E-state index < -0.39 is 24.7 Å². The van der Waals surface area contributed by atoms with Crippen LogP contribution in [0.5, 0.6) is 11.5 Å². The van der Waals surface area contributed by atoms with Gasteiger partial charge < -0.3 is 24.6 Å². The summed E-state index contributed by atoms with van der Waals surface area (Å²) in [7, 11) is 1.22. The van der Waals surface area contributed by atoms with E-state index >= 15 is 0 Å². The van der Waals surface area contributed by atoms with Gasteiger partial charge in [-0.1, -0.05) is 48.5 Å². The Bertz CT molecular complexity index is 1220. The van der Waals surface area contributed by atoms with Crippen molar-refractivity contribution in [1.82, 2.24) is 5.32 Å². The molecule has 4 rings (SSSR count). The molecular weight excluding hydrogens is 528 g/mol. The summed E-state index contributed by atoms with van der Waals surface area (Å²) >= 11 is 3.08. The van der Waals surface area contributed by atoms with Gasteiger partial charge in [-0.3, -0.25) is 0 Å². The number of aliphatic carboxylic acids is 1. The highest BCUT2D eigenvalue weighted by Crippen LogP contribution is 2.44. The minimum absolute atomic E-state index is 0.000378. The molecule has 10 heteroatoms. The summed E-state index contributed by atoms with van der Waals surface area (Å²) in [6.45, 7) is -3.11. The lowest BCUT2D eigenvalue weighted by Crippen LogP contribution is -2.35. The van der Waals surface area contributed by atoms with Gasteiger partial charge in [-0.15, -0.1) is 0 Å². The number of ether oxygens (including phenoxy) is 3. The van der Waals surface area contributed by atoms with E-state index in [1.165, 1.54) is 19.2 Å². The first-order valence-corrected chi connectivity index (χ1v) is 11.3. The maximum atomic E-state index is 12.7. The topological polar surface area (TPSA) is 94.1 Å². The highest BCUT2D eigenvalue weighted by molar-refractivity contribution is 9.10. The van der Waals surface area contributed by atoms with Gasteiger partial charge in [-0.05, 0) is 55.9 Å². The number of benzene rings is 3. The summed E-state index contributed by atoms with van der Waals surface area (Å²) in [6.07, 6.45) is -0.942. The van der Waals surface area contributed by atoms with E-state index in [0.29, 0.717) is 0 Å². The number of amides is 1. The van der Waals surface area contributed by atoms with Gasteiger partial charge in [-0.25, -0.2) is 9.59 Å². The summed E-state index contributed by atoms with van der Waals surface area (Å²) in [5.41, 5.74) is 4.21. The zero-order valence-corrected chi connectivity index (χ0v) is 19.9. The molecule has 1 aliphatic carbocycles. The number of alkyl halides is 2. The van der Waals surface area contributed by atoms with Gasteiger partial charge in [0.15, 0.2) is 17.5 Å². The van der Waals surface area contributed by atoms with Crippen LogP contribution in [-0.4, -0.2) is 37.5 Å². The maximum Gasteiger partial charge on any atom is 0.408 e. The fourth-order valence-corrected chi connectivity index (χ4v) is 4.71. The summed E-state index contributed by atoms with van der Waals surface area (Å²) in [5, 5.41) is 12.0. The highest BCUT2D eigenvalue weighted by atomic mass is 79.9. The van der Waals surface area contributed by atoms with Crippen LogP contribution in [0.1, 0.15) is 28.7 Å². The minimum atomic E-state index is -3.11. The van der Waals surface area contributed by atoms with E-state index in [-0.39, 0.29) is 34.1 Å². The smallest absolute Gasteiger partial charge is 0.408 e. The number of carbonyl (C=O) groups is 2. The first kappa shape index (κ1) is 24.5. The lowest BCUT2D eigenvalue weighted by molar-refractivity contribution is -0.139. The molecule has 7 nitrogen and oxygen atoms in total. The van der Waals surface area contributed by atoms with E-state index in [1.807, 2.05) is 48.5 Å². The molecule has 1 amide bonds. The molecule has 0 bridgehead atoms. The van der Waals surface area contributed by atoms with E-state index in [9.17, 15) is 23.5 Å². The number of nitrogens with one attached hydrogen (secondary N) is 1. The van der Waals surface area contributed by atoms with Crippen molar-refractivity contribution in [3.63, 3.8) is 0 Å². The van der Waals surface area contributed by atoms with Gasteiger partial charge in [0.25, 0.3) is 0 Å². The minimum Gasteiger partial charge on any atom is -0.493 e. The van der Waals surface area contributed by atoms with Crippen molar-refractivity contribution in [3.05, 3.63) is 81.8 Å². The molecule has 1 atom stereocenters. The Morgan fingerprint density at radius 1 is 1.06 bits per heavy atom. The van der Waals surface area contributed by atoms with Crippen molar-refractivity contribution < 1.29 is 37.7 Å². The standard InChI is InChI=1S/C25H20BrF2NO6/c1-33-20-11-13(10-19(26)22(20)35-24(27)28)21(23(30)31)29-25(32)34-12-18-16-8-4-2-6-14(16)15-7-3-5-9-17(15)18/h2-11,18,21,24H,12H2,1H3,(H,29,32)(H,30,31). The predicted octanol–water partition coefficient (Wildman–Crippen LogP) is 5.72. The Balaban J connectivity index is 1.51. The number of methoxy groups -OCH3 is 1. The fourth-order valence-electron chi connectivity index (χ4n) is 4.16. The number of carboxylic acids is 1. The number of rotatable bonds is 8. The van der Waals surface area contributed by atoms with Crippen LogP contribution in [0.4, 0.5) is 13.6 Å². The Morgan fingerprint density at radius 2 is 1.66 bits per heavy atom. The van der Waals surface area contributed by atoms with Crippen LogP contribution in [0.3, 0.4) is 0 Å². The molecule has 0 radical (unpaired) electrons. The van der Waals surface area contributed by atoms with Crippen LogP contribution in [0, 0.1) is 0 Å². The first-order chi connectivity index (χ1) is 16.8. The fraction of sp³-hybridized carbons (Fsp3) is 0.200. The van der Waals surface area contributed by atoms with Crippen molar-refractivity contribution in [2.24, 2.45) is 0 Å². The average molecular weight is 548 g/mol.